The lowest BCUT2D eigenvalue weighted by Gasteiger charge is -2.36. The van der Waals surface area contributed by atoms with Crippen molar-refractivity contribution in [1.82, 2.24) is 4.90 Å². The summed E-state index contributed by atoms with van der Waals surface area (Å²) in [5.41, 5.74) is -0.304. The average Bonchev–Trinajstić information content (AvgIpc) is 2.68. The number of carbonyl (C=O) groups excluding carboxylic acids is 2. The minimum Gasteiger partial charge on any atom is -0.276 e. The van der Waals surface area contributed by atoms with Gasteiger partial charge in [0.1, 0.15) is 0 Å². The third kappa shape index (κ3) is 3.07. The summed E-state index contributed by atoms with van der Waals surface area (Å²) in [4.78, 5) is 27.1. The molecule has 116 valence electrons. The number of rotatable bonds is 8. The zero-order valence-electron chi connectivity index (χ0n) is 13.9. The van der Waals surface area contributed by atoms with E-state index in [2.05, 4.69) is 27.7 Å². The first kappa shape index (κ1) is 17.2. The van der Waals surface area contributed by atoms with E-state index < -0.39 is 0 Å². The molecule has 0 aromatic carbocycles. The monoisotopic (exact) mass is 281 g/mol. The Morgan fingerprint density at radius 2 is 1.40 bits per heavy atom. The molecule has 1 rings (SSSR count). The van der Waals surface area contributed by atoms with Crippen LogP contribution in [0.1, 0.15) is 79.6 Å². The Labute approximate surface area is 124 Å². The Kier molecular flexibility index (Phi) is 6.22. The van der Waals surface area contributed by atoms with Crippen LogP contribution in [-0.4, -0.2) is 22.3 Å². The van der Waals surface area contributed by atoms with Crippen molar-refractivity contribution in [3.63, 3.8) is 0 Å². The van der Waals surface area contributed by atoms with Crippen molar-refractivity contribution in [2.75, 3.05) is 0 Å². The molecule has 0 aliphatic carbocycles. The molecule has 2 unspecified atom stereocenters. The van der Waals surface area contributed by atoms with Gasteiger partial charge in [-0.15, -0.1) is 0 Å². The van der Waals surface area contributed by atoms with Crippen molar-refractivity contribution in [2.24, 2.45) is 11.8 Å². The fourth-order valence-electron chi connectivity index (χ4n) is 3.27. The Bertz CT molecular complexity index is 347. The fraction of sp³-hybridized carbons (Fsp3) is 0.882. The number of imide groups is 1. The van der Waals surface area contributed by atoms with Crippen molar-refractivity contribution < 1.29 is 9.59 Å². The van der Waals surface area contributed by atoms with Crippen LogP contribution in [0.15, 0.2) is 0 Å². The normalized spacial score (nSPS) is 23.8. The molecule has 1 aliphatic rings. The van der Waals surface area contributed by atoms with Crippen LogP contribution in [0, 0.1) is 11.8 Å². The second kappa shape index (κ2) is 7.24. The van der Waals surface area contributed by atoms with Crippen LogP contribution in [0.4, 0.5) is 0 Å². The van der Waals surface area contributed by atoms with E-state index in [1.807, 2.05) is 6.92 Å². The summed E-state index contributed by atoms with van der Waals surface area (Å²) in [5.74, 6) is 0.0357. The lowest BCUT2D eigenvalue weighted by atomic mass is 9.87. The molecule has 2 atom stereocenters. The van der Waals surface area contributed by atoms with Crippen LogP contribution in [0.2, 0.25) is 0 Å². The summed E-state index contributed by atoms with van der Waals surface area (Å²) in [7, 11) is 0. The smallest absolute Gasteiger partial charge is 0.233 e. The van der Waals surface area contributed by atoms with Crippen molar-refractivity contribution >= 4 is 11.8 Å². The molecule has 3 heteroatoms. The number of hydrogen-bond donors (Lipinski definition) is 0. The maximum absolute atomic E-state index is 12.8. The summed E-state index contributed by atoms with van der Waals surface area (Å²) in [5, 5.41) is 0. The number of amides is 2. The third-order valence-corrected chi connectivity index (χ3v) is 5.09. The average molecular weight is 281 g/mol. The first-order valence-corrected chi connectivity index (χ1v) is 8.34. The third-order valence-electron chi connectivity index (χ3n) is 5.09. The van der Waals surface area contributed by atoms with E-state index >= 15 is 0 Å². The van der Waals surface area contributed by atoms with Gasteiger partial charge in [-0.05, 0) is 32.6 Å². The van der Waals surface area contributed by atoms with E-state index in [-0.39, 0.29) is 29.2 Å². The highest BCUT2D eigenvalue weighted by Gasteiger charge is 2.51. The van der Waals surface area contributed by atoms with Crippen molar-refractivity contribution in [3.8, 4) is 0 Å². The van der Waals surface area contributed by atoms with Gasteiger partial charge in [0.2, 0.25) is 11.8 Å². The standard InChI is InChI=1S/C17H31NO2/c1-6-10-12-14-13(11-7-2)15(19)18(16(14)20)17(5,8-3)9-4/h13-14H,6-12H2,1-5H3. The predicted octanol–water partition coefficient (Wildman–Crippen LogP) is 4.16. The first-order valence-electron chi connectivity index (χ1n) is 8.34. The number of unbranched alkanes of at least 4 members (excludes halogenated alkanes) is 1. The maximum Gasteiger partial charge on any atom is 0.233 e. The molecule has 1 aliphatic heterocycles. The molecule has 0 N–H and O–H groups in total. The predicted molar refractivity (Wildman–Crippen MR) is 82.3 cm³/mol. The molecule has 2 amide bonds. The van der Waals surface area contributed by atoms with Crippen molar-refractivity contribution in [3.05, 3.63) is 0 Å². The van der Waals surface area contributed by atoms with E-state index in [1.165, 1.54) is 0 Å². The Morgan fingerprint density at radius 3 is 1.80 bits per heavy atom. The molecule has 1 heterocycles. The number of likely N-dealkylation sites (tertiary alicyclic amines) is 1. The molecule has 0 aromatic rings. The minimum absolute atomic E-state index is 0.0696. The summed E-state index contributed by atoms with van der Waals surface area (Å²) < 4.78 is 0. The SMILES string of the molecule is CCCCC1C(=O)N(C(C)(CC)CC)C(=O)C1CCC. The highest BCUT2D eigenvalue weighted by molar-refractivity contribution is 6.05. The van der Waals surface area contributed by atoms with E-state index in [0.29, 0.717) is 0 Å². The van der Waals surface area contributed by atoms with Crippen LogP contribution >= 0.6 is 0 Å². The Morgan fingerprint density at radius 1 is 0.900 bits per heavy atom. The van der Waals surface area contributed by atoms with Crippen molar-refractivity contribution in [1.29, 1.82) is 0 Å². The van der Waals surface area contributed by atoms with Gasteiger partial charge < -0.3 is 0 Å². The fourth-order valence-corrected chi connectivity index (χ4v) is 3.27. The van der Waals surface area contributed by atoms with Gasteiger partial charge in [0, 0.05) is 5.54 Å². The molecule has 0 bridgehead atoms. The summed E-state index contributed by atoms with van der Waals surface area (Å²) >= 11 is 0. The lowest BCUT2D eigenvalue weighted by molar-refractivity contribution is -0.147. The quantitative estimate of drug-likeness (QED) is 0.627. The molecule has 1 saturated heterocycles. The van der Waals surface area contributed by atoms with Crippen LogP contribution in [-0.2, 0) is 9.59 Å². The topological polar surface area (TPSA) is 37.4 Å². The minimum atomic E-state index is -0.304. The number of hydrogen-bond acceptors (Lipinski definition) is 2. The highest BCUT2D eigenvalue weighted by atomic mass is 16.2. The zero-order valence-corrected chi connectivity index (χ0v) is 13.9. The van der Waals surface area contributed by atoms with Gasteiger partial charge in [-0.3, -0.25) is 14.5 Å². The number of nitrogens with zero attached hydrogens (tertiary/aromatic N) is 1. The van der Waals surface area contributed by atoms with E-state index in [1.54, 1.807) is 4.90 Å². The molecule has 0 spiro atoms. The molecular weight excluding hydrogens is 250 g/mol. The molecule has 0 saturated carbocycles. The van der Waals surface area contributed by atoms with Crippen LogP contribution in [0.3, 0.4) is 0 Å². The second-order valence-electron chi connectivity index (χ2n) is 6.36. The van der Waals surface area contributed by atoms with Crippen molar-refractivity contribution in [2.45, 2.75) is 85.1 Å². The second-order valence-corrected chi connectivity index (χ2v) is 6.36. The van der Waals surface area contributed by atoms with Crippen LogP contribution < -0.4 is 0 Å². The van der Waals surface area contributed by atoms with Gasteiger partial charge in [-0.1, -0.05) is 47.0 Å². The van der Waals surface area contributed by atoms with E-state index in [4.69, 9.17) is 0 Å². The lowest BCUT2D eigenvalue weighted by Crippen LogP contribution is -2.49. The Hall–Kier alpha value is -0.860. The molecular formula is C17H31NO2. The summed E-state index contributed by atoms with van der Waals surface area (Å²) in [6, 6.07) is 0. The first-order chi connectivity index (χ1) is 9.46. The molecule has 0 radical (unpaired) electrons. The van der Waals surface area contributed by atoms with Gasteiger partial charge >= 0.3 is 0 Å². The molecule has 3 nitrogen and oxygen atoms in total. The highest BCUT2D eigenvalue weighted by Crippen LogP contribution is 2.39. The van der Waals surface area contributed by atoms with Crippen LogP contribution in [0.25, 0.3) is 0 Å². The van der Waals surface area contributed by atoms with Gasteiger partial charge in [0.05, 0.1) is 11.8 Å². The maximum atomic E-state index is 12.8. The summed E-state index contributed by atoms with van der Waals surface area (Å²) in [6.07, 6.45) is 6.46. The zero-order chi connectivity index (χ0) is 15.3. The van der Waals surface area contributed by atoms with Crippen LogP contribution in [0.5, 0.6) is 0 Å². The molecule has 20 heavy (non-hydrogen) atoms. The Balaban J connectivity index is 3.04. The molecule has 0 aromatic heterocycles. The largest absolute Gasteiger partial charge is 0.276 e. The van der Waals surface area contributed by atoms with E-state index in [9.17, 15) is 9.59 Å². The molecule has 1 fully saturated rings. The van der Waals surface area contributed by atoms with Gasteiger partial charge in [0.25, 0.3) is 0 Å². The number of carbonyl (C=O) groups is 2. The van der Waals surface area contributed by atoms with Gasteiger partial charge in [-0.25, -0.2) is 0 Å². The van der Waals surface area contributed by atoms with Gasteiger partial charge in [0.15, 0.2) is 0 Å². The van der Waals surface area contributed by atoms with Gasteiger partial charge in [-0.2, -0.15) is 0 Å². The summed E-state index contributed by atoms with van der Waals surface area (Å²) in [6.45, 7) is 10.4. The van der Waals surface area contributed by atoms with E-state index in [0.717, 1.165) is 44.9 Å².